The molecule has 0 fully saturated rings. The van der Waals surface area contributed by atoms with Crippen molar-refractivity contribution in [3.8, 4) is 0 Å². The van der Waals surface area contributed by atoms with Crippen LogP contribution in [0.4, 0.5) is 0 Å². The molecule has 7 heteroatoms. The largest absolute Gasteiger partial charge is 0.251 e. The van der Waals surface area contributed by atoms with Crippen LogP contribution in [0.3, 0.4) is 0 Å². The van der Waals surface area contributed by atoms with Crippen LogP contribution >= 0.6 is 27.3 Å². The van der Waals surface area contributed by atoms with Crippen molar-refractivity contribution in [3.05, 3.63) is 9.61 Å². The molecule has 1 heterocycles. The van der Waals surface area contributed by atoms with Gasteiger partial charge >= 0.3 is 0 Å². The summed E-state index contributed by atoms with van der Waals surface area (Å²) in [5.41, 5.74) is 0.515. The van der Waals surface area contributed by atoms with Gasteiger partial charge in [-0.05, 0) is 29.9 Å². The Morgan fingerprint density at radius 1 is 1.58 bits per heavy atom. The highest BCUT2D eigenvalue weighted by Crippen LogP contribution is 2.26. The van der Waals surface area contributed by atoms with Gasteiger partial charge in [-0.15, -0.1) is 0 Å². The molecule has 0 saturated heterocycles. The van der Waals surface area contributed by atoms with Crippen LogP contribution in [0.2, 0.25) is 0 Å². The lowest BCUT2D eigenvalue weighted by Gasteiger charge is -1.97. The average molecular weight is 271 g/mol. The van der Waals surface area contributed by atoms with Gasteiger partial charge in [0.25, 0.3) is 10.0 Å². The van der Waals surface area contributed by atoms with Crippen molar-refractivity contribution >= 4 is 37.3 Å². The van der Waals surface area contributed by atoms with Crippen molar-refractivity contribution in [1.29, 1.82) is 0 Å². The third kappa shape index (κ3) is 1.85. The van der Waals surface area contributed by atoms with E-state index in [1.807, 2.05) is 0 Å². The van der Waals surface area contributed by atoms with Gasteiger partial charge in [-0.1, -0.05) is 11.3 Å². The zero-order chi connectivity index (χ0) is 9.35. The van der Waals surface area contributed by atoms with Gasteiger partial charge < -0.3 is 0 Å². The SMILES string of the molecule is CNS(=O)(=O)c1sc(Br)nc1C. The van der Waals surface area contributed by atoms with Crippen molar-refractivity contribution in [2.24, 2.45) is 0 Å². The number of nitrogens with one attached hydrogen (secondary N) is 1. The number of halogens is 1. The third-order valence-electron chi connectivity index (χ3n) is 1.24. The third-order valence-corrected chi connectivity index (χ3v) is 4.87. The van der Waals surface area contributed by atoms with Crippen molar-refractivity contribution in [3.63, 3.8) is 0 Å². The lowest BCUT2D eigenvalue weighted by atomic mass is 10.6. The minimum absolute atomic E-state index is 0.261. The highest BCUT2D eigenvalue weighted by molar-refractivity contribution is 9.11. The smallest absolute Gasteiger partial charge is 0.233 e. The molecular formula is C5H7BrN2O2S2. The van der Waals surface area contributed by atoms with Crippen molar-refractivity contribution < 1.29 is 8.42 Å². The Bertz CT molecular complexity index is 384. The lowest BCUT2D eigenvalue weighted by molar-refractivity contribution is 0.589. The van der Waals surface area contributed by atoms with Crippen LogP contribution in [-0.4, -0.2) is 20.4 Å². The van der Waals surface area contributed by atoms with Gasteiger partial charge in [0, 0.05) is 0 Å². The summed E-state index contributed by atoms with van der Waals surface area (Å²) in [7, 11) is -1.95. The van der Waals surface area contributed by atoms with Crippen LogP contribution in [0, 0.1) is 6.92 Å². The van der Waals surface area contributed by atoms with E-state index < -0.39 is 10.0 Å². The highest BCUT2D eigenvalue weighted by Gasteiger charge is 2.18. The van der Waals surface area contributed by atoms with Gasteiger partial charge in [0.05, 0.1) is 5.69 Å². The number of thiazole rings is 1. The molecule has 1 aromatic heterocycles. The summed E-state index contributed by atoms with van der Waals surface area (Å²) in [5, 5.41) is 0. The van der Waals surface area contributed by atoms with E-state index >= 15 is 0 Å². The summed E-state index contributed by atoms with van der Waals surface area (Å²) in [6.45, 7) is 1.66. The second kappa shape index (κ2) is 3.41. The number of nitrogens with zero attached hydrogens (tertiary/aromatic N) is 1. The van der Waals surface area contributed by atoms with Gasteiger partial charge in [0.15, 0.2) is 8.13 Å². The molecule has 68 valence electrons. The van der Waals surface area contributed by atoms with Gasteiger partial charge in [-0.25, -0.2) is 18.1 Å². The van der Waals surface area contributed by atoms with Gasteiger partial charge in [0.1, 0.15) is 0 Å². The number of hydrogen-bond donors (Lipinski definition) is 1. The minimum Gasteiger partial charge on any atom is -0.233 e. The Balaban J connectivity index is 3.29. The van der Waals surface area contributed by atoms with Crippen LogP contribution in [0.25, 0.3) is 0 Å². The predicted octanol–water partition coefficient (Wildman–Crippen LogP) is 1.12. The number of sulfonamides is 1. The molecular weight excluding hydrogens is 264 g/mol. The molecule has 0 radical (unpaired) electrons. The maximum atomic E-state index is 11.3. The molecule has 12 heavy (non-hydrogen) atoms. The van der Waals surface area contributed by atoms with Gasteiger partial charge in [-0.3, -0.25) is 0 Å². The summed E-state index contributed by atoms with van der Waals surface area (Å²) in [4.78, 5) is 3.94. The van der Waals surface area contributed by atoms with E-state index in [0.29, 0.717) is 9.61 Å². The minimum atomic E-state index is -3.33. The molecule has 1 N–H and O–H groups in total. The van der Waals surface area contributed by atoms with Crippen LogP contribution < -0.4 is 4.72 Å². The second-order valence-corrected chi connectivity index (χ2v) is 6.40. The van der Waals surface area contributed by atoms with E-state index in [-0.39, 0.29) is 4.21 Å². The number of hydrogen-bond acceptors (Lipinski definition) is 4. The summed E-state index contributed by atoms with van der Waals surface area (Å²) >= 11 is 4.22. The predicted molar refractivity (Wildman–Crippen MR) is 50.8 cm³/mol. The quantitative estimate of drug-likeness (QED) is 0.877. The monoisotopic (exact) mass is 270 g/mol. The molecule has 4 nitrogen and oxygen atoms in total. The first-order chi connectivity index (χ1) is 5.47. The molecule has 0 aromatic carbocycles. The zero-order valence-electron chi connectivity index (χ0n) is 6.46. The molecule has 0 aliphatic heterocycles. The van der Waals surface area contributed by atoms with Crippen LogP contribution in [0.1, 0.15) is 5.69 Å². The standard InChI is InChI=1S/C5H7BrN2O2S2/c1-3-4(11-5(6)8-3)12(9,10)7-2/h7H,1-2H3. The fraction of sp³-hybridized carbons (Fsp3) is 0.400. The molecule has 0 saturated carbocycles. The van der Waals surface area contributed by atoms with Gasteiger partial charge in [-0.2, -0.15) is 0 Å². The molecule has 0 aliphatic carbocycles. The van der Waals surface area contributed by atoms with E-state index in [2.05, 4.69) is 25.6 Å². The topological polar surface area (TPSA) is 59.1 Å². The summed E-state index contributed by atoms with van der Waals surface area (Å²) in [6, 6.07) is 0. The molecule has 0 spiro atoms. The van der Waals surface area contributed by atoms with E-state index in [1.165, 1.54) is 7.05 Å². The van der Waals surface area contributed by atoms with E-state index in [4.69, 9.17) is 0 Å². The Kier molecular flexibility index (Phi) is 2.87. The molecule has 1 aromatic rings. The second-order valence-electron chi connectivity index (χ2n) is 2.05. The number of aryl methyl sites for hydroxylation is 1. The Morgan fingerprint density at radius 2 is 2.17 bits per heavy atom. The van der Waals surface area contributed by atoms with E-state index in [1.54, 1.807) is 6.92 Å². The lowest BCUT2D eigenvalue weighted by Crippen LogP contribution is -2.18. The highest BCUT2D eigenvalue weighted by atomic mass is 79.9. The fourth-order valence-electron chi connectivity index (χ4n) is 0.693. The summed E-state index contributed by atoms with van der Waals surface area (Å²) in [5.74, 6) is 0. The molecule has 0 amide bonds. The van der Waals surface area contributed by atoms with E-state index in [9.17, 15) is 8.42 Å². The first-order valence-corrected chi connectivity index (χ1v) is 6.13. The van der Waals surface area contributed by atoms with Crippen molar-refractivity contribution in [1.82, 2.24) is 9.71 Å². The maximum absolute atomic E-state index is 11.3. The van der Waals surface area contributed by atoms with Crippen molar-refractivity contribution in [2.75, 3.05) is 7.05 Å². The molecule has 0 atom stereocenters. The Hall–Kier alpha value is 0.0200. The maximum Gasteiger partial charge on any atom is 0.251 e. The normalized spacial score (nSPS) is 11.9. The molecule has 1 rings (SSSR count). The van der Waals surface area contributed by atoms with E-state index in [0.717, 1.165) is 11.3 Å². The fourth-order valence-corrected chi connectivity index (χ4v) is 3.84. The molecule has 0 bridgehead atoms. The average Bonchev–Trinajstić information content (AvgIpc) is 2.31. The van der Waals surface area contributed by atoms with Crippen LogP contribution in [0.5, 0.6) is 0 Å². The van der Waals surface area contributed by atoms with Crippen LogP contribution in [-0.2, 0) is 10.0 Å². The number of aromatic nitrogens is 1. The number of rotatable bonds is 2. The van der Waals surface area contributed by atoms with Gasteiger partial charge in [0.2, 0.25) is 0 Å². The van der Waals surface area contributed by atoms with Crippen LogP contribution in [0.15, 0.2) is 8.13 Å². The summed E-state index contributed by atoms with van der Waals surface area (Å²) in [6.07, 6.45) is 0. The Labute approximate surface area is 83.2 Å². The zero-order valence-corrected chi connectivity index (χ0v) is 9.68. The molecule has 0 aliphatic rings. The first-order valence-electron chi connectivity index (χ1n) is 3.04. The molecule has 0 unspecified atom stereocenters. The first kappa shape index (κ1) is 10.1. The van der Waals surface area contributed by atoms with Crippen molar-refractivity contribution in [2.45, 2.75) is 11.1 Å². The Morgan fingerprint density at radius 3 is 2.50 bits per heavy atom. The summed E-state index contributed by atoms with van der Waals surface area (Å²) < 4.78 is 25.6.